The minimum absolute atomic E-state index is 0.269. The Morgan fingerprint density at radius 3 is 2.29 bits per heavy atom. The maximum absolute atomic E-state index is 13.8. The quantitative estimate of drug-likeness (QED) is 0.401. The number of rotatable bonds is 8. The van der Waals surface area contributed by atoms with Crippen LogP contribution in [0.25, 0.3) is 0 Å². The van der Waals surface area contributed by atoms with E-state index in [9.17, 15) is 14.4 Å². The van der Waals surface area contributed by atoms with Gasteiger partial charge in [-0.05, 0) is 35.7 Å². The van der Waals surface area contributed by atoms with Crippen LogP contribution in [0, 0.1) is 0 Å². The zero-order chi connectivity index (χ0) is 24.8. The fraction of sp³-hybridized carbons (Fsp3) is 0.375. The summed E-state index contributed by atoms with van der Waals surface area (Å²) < 4.78 is 20.8. The summed E-state index contributed by atoms with van der Waals surface area (Å²) in [5.41, 5.74) is 1.79. The van der Waals surface area contributed by atoms with E-state index in [2.05, 4.69) is 21.2 Å². The highest BCUT2D eigenvalue weighted by Gasteiger charge is 2.46. The summed E-state index contributed by atoms with van der Waals surface area (Å²) in [4.78, 5) is 40.6. The molecule has 0 radical (unpaired) electrons. The van der Waals surface area contributed by atoms with Crippen molar-refractivity contribution >= 4 is 39.6 Å². The summed E-state index contributed by atoms with van der Waals surface area (Å²) in [5, 5.41) is 3.35. The van der Waals surface area contributed by atoms with E-state index in [1.54, 1.807) is 41.3 Å². The zero-order valence-electron chi connectivity index (χ0n) is 19.4. The first-order valence-corrected chi connectivity index (χ1v) is 11.7. The largest absolute Gasteiger partial charge is 0.493 e. The molecule has 1 aliphatic heterocycles. The Bertz CT molecular complexity index is 1080. The summed E-state index contributed by atoms with van der Waals surface area (Å²) in [7, 11) is 5.53. The van der Waals surface area contributed by atoms with Crippen molar-refractivity contribution in [3.63, 3.8) is 0 Å². The predicted molar refractivity (Wildman–Crippen MR) is 129 cm³/mol. The molecule has 0 unspecified atom stereocenters. The molecule has 0 aliphatic carbocycles. The van der Waals surface area contributed by atoms with Crippen molar-refractivity contribution in [2.45, 2.75) is 18.4 Å². The third-order valence-electron chi connectivity index (χ3n) is 5.72. The van der Waals surface area contributed by atoms with Crippen LogP contribution in [0.4, 0.5) is 10.5 Å². The zero-order valence-corrected chi connectivity index (χ0v) is 21.0. The van der Waals surface area contributed by atoms with Crippen molar-refractivity contribution in [3.05, 3.63) is 53.1 Å². The number of carbonyl (C=O) groups is 3. The molecular formula is C24H27BrN2O7. The van der Waals surface area contributed by atoms with Crippen LogP contribution in [-0.2, 0) is 14.3 Å². The lowest BCUT2D eigenvalue weighted by Gasteiger charge is -2.42. The monoisotopic (exact) mass is 534 g/mol. The number of para-hydroxylation sites is 1. The van der Waals surface area contributed by atoms with Gasteiger partial charge in [-0.15, -0.1) is 0 Å². The molecule has 0 bridgehead atoms. The molecule has 0 fully saturated rings. The van der Waals surface area contributed by atoms with Crippen LogP contribution in [0.15, 0.2) is 36.4 Å². The van der Waals surface area contributed by atoms with E-state index >= 15 is 0 Å². The van der Waals surface area contributed by atoms with Crippen molar-refractivity contribution in [2.24, 2.45) is 0 Å². The fourth-order valence-corrected chi connectivity index (χ4v) is 4.45. The second-order valence-corrected chi connectivity index (χ2v) is 8.28. The third-order valence-corrected chi connectivity index (χ3v) is 6.28. The van der Waals surface area contributed by atoms with Crippen molar-refractivity contribution in [1.29, 1.82) is 0 Å². The van der Waals surface area contributed by atoms with Gasteiger partial charge in [-0.25, -0.2) is 4.79 Å². The number of halogens is 1. The van der Waals surface area contributed by atoms with Crippen LogP contribution in [0.1, 0.15) is 39.9 Å². The van der Waals surface area contributed by atoms with Crippen LogP contribution >= 0.6 is 15.9 Å². The van der Waals surface area contributed by atoms with Crippen molar-refractivity contribution in [2.75, 3.05) is 45.6 Å². The number of ether oxygens (including phenoxy) is 4. The minimum atomic E-state index is -0.881. The van der Waals surface area contributed by atoms with Crippen LogP contribution in [0.5, 0.6) is 11.5 Å². The lowest BCUT2D eigenvalue weighted by molar-refractivity contribution is -0.144. The number of carbonyl (C=O) groups excluding carboxylic acids is 3. The summed E-state index contributed by atoms with van der Waals surface area (Å²) in [6, 6.07) is 9.46. The molecule has 2 aromatic carbocycles. The van der Waals surface area contributed by atoms with Gasteiger partial charge in [0.05, 0.1) is 34.5 Å². The average Bonchev–Trinajstić information content (AvgIpc) is 2.87. The van der Waals surface area contributed by atoms with Crippen molar-refractivity contribution < 1.29 is 33.3 Å². The molecule has 0 saturated heterocycles. The molecule has 182 valence electrons. The molecule has 0 saturated carbocycles. The van der Waals surface area contributed by atoms with Crippen molar-refractivity contribution in [1.82, 2.24) is 4.90 Å². The van der Waals surface area contributed by atoms with Gasteiger partial charge in [0.2, 0.25) is 0 Å². The number of anilines is 1. The molecule has 0 aromatic heterocycles. The van der Waals surface area contributed by atoms with Gasteiger partial charge >= 0.3 is 12.1 Å². The van der Waals surface area contributed by atoms with Crippen LogP contribution in [0.3, 0.4) is 0 Å². The summed E-state index contributed by atoms with van der Waals surface area (Å²) in [5.74, 6) is -0.910. The van der Waals surface area contributed by atoms with Crippen LogP contribution < -0.4 is 14.8 Å². The molecule has 9 nitrogen and oxygen atoms in total. The highest BCUT2D eigenvalue weighted by Crippen LogP contribution is 2.48. The Morgan fingerprint density at radius 2 is 1.68 bits per heavy atom. The Morgan fingerprint density at radius 1 is 1.00 bits per heavy atom. The molecule has 1 N–H and O–H groups in total. The van der Waals surface area contributed by atoms with Crippen molar-refractivity contribution in [3.8, 4) is 11.5 Å². The number of benzene rings is 2. The Kier molecular flexibility index (Phi) is 8.38. The molecule has 2 aromatic rings. The third kappa shape index (κ3) is 4.82. The number of hydrogen-bond donors (Lipinski definition) is 1. The van der Waals surface area contributed by atoms with Gasteiger partial charge in [0, 0.05) is 23.1 Å². The molecule has 2 amide bonds. The van der Waals surface area contributed by atoms with Crippen LogP contribution in [-0.4, -0.2) is 63.2 Å². The number of esters is 1. The van der Waals surface area contributed by atoms with E-state index in [1.165, 1.54) is 28.4 Å². The first-order valence-electron chi connectivity index (χ1n) is 10.6. The lowest BCUT2D eigenvalue weighted by Crippen LogP contribution is -2.46. The number of alkyl halides is 1. The maximum atomic E-state index is 13.8. The van der Waals surface area contributed by atoms with E-state index in [0.717, 1.165) is 0 Å². The molecule has 0 spiro atoms. The van der Waals surface area contributed by atoms with E-state index in [0.29, 0.717) is 52.2 Å². The summed E-state index contributed by atoms with van der Waals surface area (Å²) >= 11 is 3.42. The Balaban J connectivity index is 2.29. The van der Waals surface area contributed by atoms with Gasteiger partial charge < -0.3 is 23.8 Å². The second kappa shape index (κ2) is 11.2. The number of amides is 2. The molecule has 10 heteroatoms. The molecule has 1 aliphatic rings. The molecule has 1 heterocycles. The first-order chi connectivity index (χ1) is 16.4. The molecular weight excluding hydrogens is 508 g/mol. The normalized spacial score (nSPS) is 17.0. The lowest BCUT2D eigenvalue weighted by atomic mass is 9.79. The number of nitrogens with one attached hydrogen (secondary N) is 1. The average molecular weight is 535 g/mol. The van der Waals surface area contributed by atoms with Gasteiger partial charge in [-0.3, -0.25) is 14.9 Å². The van der Waals surface area contributed by atoms with Gasteiger partial charge in [0.25, 0.3) is 5.91 Å². The predicted octanol–water partition coefficient (Wildman–Crippen LogP) is 4.12. The van der Waals surface area contributed by atoms with E-state index in [-0.39, 0.29) is 5.91 Å². The highest BCUT2D eigenvalue weighted by atomic mass is 79.9. The topological polar surface area (TPSA) is 103 Å². The van der Waals surface area contributed by atoms with Crippen LogP contribution in [0.2, 0.25) is 0 Å². The van der Waals surface area contributed by atoms with E-state index in [4.69, 9.17) is 18.9 Å². The first kappa shape index (κ1) is 25.4. The molecule has 34 heavy (non-hydrogen) atoms. The summed E-state index contributed by atoms with van der Waals surface area (Å²) in [6.07, 6.45) is -0.0197. The second-order valence-electron chi connectivity index (χ2n) is 7.49. The summed E-state index contributed by atoms with van der Waals surface area (Å²) in [6.45, 7) is 0.364. The fourth-order valence-electron chi connectivity index (χ4n) is 4.20. The number of hydrogen-bond acceptors (Lipinski definition) is 7. The smallest absolute Gasteiger partial charge is 0.411 e. The number of fused-ring (bicyclic) bond motifs is 1. The van der Waals surface area contributed by atoms with Gasteiger partial charge in [0.15, 0.2) is 11.5 Å². The Labute approximate surface area is 206 Å². The van der Waals surface area contributed by atoms with E-state index in [1.807, 2.05) is 0 Å². The van der Waals surface area contributed by atoms with Gasteiger partial charge in [-0.2, -0.15) is 0 Å². The standard InChI is InChI=1S/C24H27BrN2O7/c1-31-18-12-15-16(13-19(18)32-2)22(28)27(11-7-10-25)21(20(15)23(29)33-3)14-8-5-6-9-17(14)26-24(30)34-4/h5-6,8-9,12-13,20-21H,7,10-11H2,1-4H3,(H,26,30)/t20-,21-/m1/s1. The SMILES string of the molecule is COC(=O)Nc1ccccc1[C@@H]1[C@H](C(=O)OC)c2cc(OC)c(OC)cc2C(=O)N1CCCBr. The Hall–Kier alpha value is -3.27. The van der Waals surface area contributed by atoms with Gasteiger partial charge in [0.1, 0.15) is 5.92 Å². The maximum Gasteiger partial charge on any atom is 0.411 e. The number of nitrogens with zero attached hydrogens (tertiary/aromatic N) is 1. The highest BCUT2D eigenvalue weighted by molar-refractivity contribution is 9.09. The van der Waals surface area contributed by atoms with Gasteiger partial charge in [-0.1, -0.05) is 34.1 Å². The van der Waals surface area contributed by atoms with E-state index < -0.39 is 24.0 Å². The molecule has 2 atom stereocenters. The number of methoxy groups -OCH3 is 4. The molecule has 3 rings (SSSR count). The minimum Gasteiger partial charge on any atom is -0.493 e.